The average molecular weight is 189 g/mol. The second-order valence-corrected chi connectivity index (χ2v) is 0. The summed E-state index contributed by atoms with van der Waals surface area (Å²) < 4.78 is 8.28. The van der Waals surface area contributed by atoms with E-state index in [9.17, 15) is 0 Å². The Kier molecular flexibility index (Phi) is 55.0. The van der Waals surface area contributed by atoms with Gasteiger partial charge in [-0.15, -0.1) is 0 Å². The van der Waals surface area contributed by atoms with Crippen molar-refractivity contribution in [2.24, 2.45) is 0 Å². The van der Waals surface area contributed by atoms with E-state index in [0.717, 1.165) is 0 Å². The third-order valence-corrected chi connectivity index (χ3v) is 0. The van der Waals surface area contributed by atoms with Crippen LogP contribution in [0.4, 0.5) is 0 Å². The Morgan fingerprint density at radius 3 is 1.50 bits per heavy atom. The molecule has 0 saturated carbocycles. The van der Waals surface area contributed by atoms with Crippen molar-refractivity contribution < 1.29 is 3.80 Å². The van der Waals surface area contributed by atoms with Crippen LogP contribution >= 0.6 is 0 Å². The normalized spacial score (nSPS) is 2.00. The van der Waals surface area contributed by atoms with Crippen molar-refractivity contribution in [2.45, 2.75) is 0 Å². The summed E-state index contributed by atoms with van der Waals surface area (Å²) in [5, 5.41) is 0. The predicted octanol–water partition coefficient (Wildman–Crippen LogP) is -1.53. The molecule has 18 valence electrons. The molecule has 4 heteroatoms. The standard InChI is InChI=1S/Al.As.Ga.O.H. The molecule has 0 aromatic rings. The molecule has 4 heavy (non-hydrogen) atoms. The fourth-order valence-corrected chi connectivity index (χ4v) is 0. The third-order valence-electron chi connectivity index (χ3n) is 0. The Labute approximate surface area is 48.9 Å². The molecule has 0 aliphatic rings. The number of hydrogen-bond donors (Lipinski definition) is 0. The van der Waals surface area contributed by atoms with Crippen molar-refractivity contribution in [1.29, 1.82) is 0 Å². The Hall–Kier alpha value is 1.53. The topological polar surface area (TPSA) is 17.1 Å². The maximum absolute atomic E-state index is 8.28. The van der Waals surface area contributed by atoms with Gasteiger partial charge in [0.25, 0.3) is 0 Å². The van der Waals surface area contributed by atoms with Crippen LogP contribution in [0, 0.1) is 0 Å². The first-order valence-corrected chi connectivity index (χ1v) is 7.84. The van der Waals surface area contributed by atoms with Crippen molar-refractivity contribution in [3.05, 3.63) is 0 Å². The Balaban J connectivity index is 0. The van der Waals surface area contributed by atoms with Crippen LogP contribution in [0.5, 0.6) is 0 Å². The minimum atomic E-state index is 0.611. The summed E-state index contributed by atoms with van der Waals surface area (Å²) in [7, 11) is 0. The van der Waals surface area contributed by atoms with Crippen molar-refractivity contribution in [1.82, 2.24) is 0 Å². The molecule has 0 aromatic heterocycles. The van der Waals surface area contributed by atoms with Gasteiger partial charge in [0.05, 0.1) is 0 Å². The van der Waals surface area contributed by atoms with E-state index in [1.165, 1.54) is 0 Å². The fraction of sp³-hybridized carbons (Fsp3) is 0. The van der Waals surface area contributed by atoms with Crippen LogP contribution in [-0.2, 0) is 3.80 Å². The van der Waals surface area contributed by atoms with E-state index in [0.29, 0.717) is 16.2 Å². The van der Waals surface area contributed by atoms with E-state index in [1.54, 1.807) is 15.6 Å². The molecule has 0 N–H and O–H groups in total. The SMILES string of the molecule is [Ga]#[As].[O]=[AlH]. The molecule has 0 atom stereocenters. The number of rotatable bonds is 0. The molecule has 0 bridgehead atoms. The molecular weight excluding hydrogens is 188 g/mol. The molecule has 0 rings (SSSR count). The van der Waals surface area contributed by atoms with Crippen LogP contribution in [0.3, 0.4) is 0 Å². The van der Waals surface area contributed by atoms with Crippen LogP contribution in [0.25, 0.3) is 0 Å². The van der Waals surface area contributed by atoms with Gasteiger partial charge in [-0.05, 0) is 0 Å². The summed E-state index contributed by atoms with van der Waals surface area (Å²) in [6.07, 6.45) is 0. The van der Waals surface area contributed by atoms with E-state index in [-0.39, 0.29) is 0 Å². The van der Waals surface area contributed by atoms with Gasteiger partial charge in [-0.1, -0.05) is 0 Å². The van der Waals surface area contributed by atoms with E-state index in [2.05, 4.69) is 13.6 Å². The van der Waals surface area contributed by atoms with Crippen LogP contribution in [-0.4, -0.2) is 45.4 Å². The molecule has 0 aliphatic carbocycles. The van der Waals surface area contributed by atoms with Gasteiger partial charge in [0.1, 0.15) is 0 Å². The van der Waals surface area contributed by atoms with Crippen LogP contribution in [0.15, 0.2) is 0 Å². The zero-order chi connectivity index (χ0) is 4.00. The Bertz CT molecular complexity index is 19.2. The van der Waals surface area contributed by atoms with Gasteiger partial charge in [0.2, 0.25) is 0 Å². The first-order chi connectivity index (χ1) is 2.00. The van der Waals surface area contributed by atoms with Gasteiger partial charge in [0, 0.05) is 0 Å². The Morgan fingerprint density at radius 1 is 1.50 bits per heavy atom. The van der Waals surface area contributed by atoms with Gasteiger partial charge in [-0.3, -0.25) is 0 Å². The summed E-state index contributed by atoms with van der Waals surface area (Å²) in [6.45, 7) is 0. The summed E-state index contributed by atoms with van der Waals surface area (Å²) in [5.41, 5.74) is 0. The maximum atomic E-state index is 8.28. The zero-order valence-corrected chi connectivity index (χ0v) is 7.85. The molecule has 0 radical (unpaired) electrons. The molecule has 0 aromatic carbocycles. The summed E-state index contributed by atoms with van der Waals surface area (Å²) in [6, 6.07) is 0. The van der Waals surface area contributed by atoms with Crippen LogP contribution < -0.4 is 0 Å². The van der Waals surface area contributed by atoms with E-state index < -0.39 is 0 Å². The number of hydrogen-bond acceptors (Lipinski definition) is 1. The second-order valence-electron chi connectivity index (χ2n) is 0. The van der Waals surface area contributed by atoms with Gasteiger partial charge in [-0.25, -0.2) is 0 Å². The molecular formula is HAlAsGaO. The monoisotopic (exact) mass is 188 g/mol. The first kappa shape index (κ1) is 9.11. The summed E-state index contributed by atoms with van der Waals surface area (Å²) in [4.78, 5) is 0. The van der Waals surface area contributed by atoms with Gasteiger partial charge < -0.3 is 0 Å². The molecule has 0 aliphatic heterocycles. The van der Waals surface area contributed by atoms with Gasteiger partial charge >= 0.3 is 49.2 Å². The molecule has 0 heterocycles. The van der Waals surface area contributed by atoms with E-state index >= 15 is 0 Å². The van der Waals surface area contributed by atoms with Crippen LogP contribution in [0.2, 0.25) is 0 Å². The molecule has 1 nitrogen and oxygen atoms in total. The quantitative estimate of drug-likeness (QED) is 0.422. The molecule has 0 unspecified atom stereocenters. The molecule has 0 saturated heterocycles. The Morgan fingerprint density at radius 2 is 1.50 bits per heavy atom. The summed E-state index contributed by atoms with van der Waals surface area (Å²) >= 11 is 4.61. The van der Waals surface area contributed by atoms with Crippen molar-refractivity contribution in [3.8, 4) is 0 Å². The molecule has 0 spiro atoms. The molecule has 0 fully saturated rings. The van der Waals surface area contributed by atoms with Crippen molar-refractivity contribution >= 4 is 45.4 Å². The van der Waals surface area contributed by atoms with E-state index in [1.807, 2.05) is 0 Å². The zero-order valence-electron chi connectivity index (χ0n) is 2.14. The third kappa shape index (κ3) is 9.66. The minimum absolute atomic E-state index is 0.611. The molecule has 0 amide bonds. The average Bonchev–Trinajstić information content (AvgIpc) is 1.50. The van der Waals surface area contributed by atoms with Crippen LogP contribution in [0.1, 0.15) is 0 Å². The predicted molar refractivity (Wildman–Crippen MR) is 19.3 cm³/mol. The second kappa shape index (κ2) is 24.1. The van der Waals surface area contributed by atoms with Crippen molar-refractivity contribution in [2.75, 3.05) is 0 Å². The van der Waals surface area contributed by atoms with Crippen molar-refractivity contribution in [3.63, 3.8) is 0 Å². The fourth-order valence-electron chi connectivity index (χ4n) is 0. The summed E-state index contributed by atoms with van der Waals surface area (Å²) in [5.74, 6) is 0. The van der Waals surface area contributed by atoms with E-state index in [4.69, 9.17) is 3.80 Å². The van der Waals surface area contributed by atoms with Gasteiger partial charge in [-0.2, -0.15) is 0 Å². The van der Waals surface area contributed by atoms with Gasteiger partial charge in [0.15, 0.2) is 0 Å². The first-order valence-electron chi connectivity index (χ1n) is 0.547.